The number of rotatable bonds is 5. The summed E-state index contributed by atoms with van der Waals surface area (Å²) in [6.45, 7) is 7.76. The molecule has 0 aliphatic carbocycles. The average molecular weight is 479 g/mol. The highest BCUT2D eigenvalue weighted by molar-refractivity contribution is 7.89. The van der Waals surface area contributed by atoms with E-state index in [9.17, 15) is 18.0 Å². The number of carbonyl (C=O) groups excluding carboxylic acids is 2. The zero-order chi connectivity index (χ0) is 23.8. The molecule has 1 atom stereocenters. The van der Waals surface area contributed by atoms with Gasteiger partial charge in [-0.15, -0.1) is 0 Å². The Balaban J connectivity index is 1.30. The summed E-state index contributed by atoms with van der Waals surface area (Å²) in [6.07, 6.45) is 2.71. The Bertz CT molecular complexity index is 1070. The van der Waals surface area contributed by atoms with Crippen molar-refractivity contribution in [1.82, 2.24) is 19.3 Å². The van der Waals surface area contributed by atoms with Gasteiger partial charge in [0.15, 0.2) is 11.5 Å². The third-order valence-corrected chi connectivity index (χ3v) is 8.92. The number of furan rings is 1. The molecule has 10 nitrogen and oxygen atoms in total. The molecule has 0 bridgehead atoms. The molecule has 2 aromatic heterocycles. The fourth-order valence-corrected chi connectivity index (χ4v) is 6.52. The zero-order valence-electron chi connectivity index (χ0n) is 19.2. The van der Waals surface area contributed by atoms with Crippen molar-refractivity contribution >= 4 is 21.8 Å². The Morgan fingerprint density at radius 1 is 1.06 bits per heavy atom. The largest absolute Gasteiger partial charge is 0.459 e. The summed E-state index contributed by atoms with van der Waals surface area (Å²) in [5.74, 6) is 0.404. The molecule has 4 rings (SSSR count). The lowest BCUT2D eigenvalue weighted by Gasteiger charge is -2.38. The third kappa shape index (κ3) is 4.56. The molecule has 1 unspecified atom stereocenters. The smallest absolute Gasteiger partial charge is 0.289 e. The molecule has 0 spiro atoms. The van der Waals surface area contributed by atoms with E-state index in [1.54, 1.807) is 30.9 Å². The van der Waals surface area contributed by atoms with E-state index < -0.39 is 10.0 Å². The Hall–Kier alpha value is -2.66. The van der Waals surface area contributed by atoms with Crippen LogP contribution in [0, 0.1) is 25.7 Å². The second kappa shape index (κ2) is 9.30. The van der Waals surface area contributed by atoms with Crippen molar-refractivity contribution in [3.63, 3.8) is 0 Å². The van der Waals surface area contributed by atoms with E-state index in [0.717, 1.165) is 0 Å². The zero-order valence-corrected chi connectivity index (χ0v) is 20.0. The fraction of sp³-hybridized carbons (Fsp3) is 0.591. The number of nitrogens with zero attached hydrogens (tertiary/aromatic N) is 4. The molecule has 180 valence electrons. The van der Waals surface area contributed by atoms with Gasteiger partial charge in [-0.3, -0.25) is 9.59 Å². The van der Waals surface area contributed by atoms with Gasteiger partial charge in [-0.05, 0) is 44.7 Å². The molecule has 2 amide bonds. The van der Waals surface area contributed by atoms with Gasteiger partial charge in [-0.2, -0.15) is 4.31 Å². The van der Waals surface area contributed by atoms with Gasteiger partial charge < -0.3 is 18.7 Å². The predicted octanol–water partition coefficient (Wildman–Crippen LogP) is 1.91. The topological polar surface area (TPSA) is 117 Å². The lowest BCUT2D eigenvalue weighted by molar-refractivity contribution is -0.138. The van der Waals surface area contributed by atoms with Crippen LogP contribution in [0.2, 0.25) is 0 Å². The normalized spacial score (nSPS) is 19.6. The molecule has 4 heterocycles. The standard InChI is InChI=1S/C22H30N4O6S/c1-15(21(27)24-10-12-25(13-11-24)22(28)19-5-4-14-31-19)18-6-8-26(9-7-18)33(29,30)20-16(2)23-32-17(20)3/h4-5,14-15,18H,6-13H2,1-3H3. The summed E-state index contributed by atoms with van der Waals surface area (Å²) in [6, 6.07) is 3.32. The first-order chi connectivity index (χ1) is 15.7. The van der Waals surface area contributed by atoms with Crippen molar-refractivity contribution in [3.8, 4) is 0 Å². The van der Waals surface area contributed by atoms with Gasteiger partial charge in [0, 0.05) is 45.2 Å². The van der Waals surface area contributed by atoms with E-state index in [0.29, 0.717) is 69.3 Å². The van der Waals surface area contributed by atoms with Crippen LogP contribution < -0.4 is 0 Å². The molecular weight excluding hydrogens is 448 g/mol. The van der Waals surface area contributed by atoms with Gasteiger partial charge in [0.1, 0.15) is 10.6 Å². The van der Waals surface area contributed by atoms with E-state index in [1.807, 2.05) is 11.8 Å². The summed E-state index contributed by atoms with van der Waals surface area (Å²) in [5.41, 5.74) is 0.364. The van der Waals surface area contributed by atoms with Crippen LogP contribution in [0.15, 0.2) is 32.2 Å². The maximum absolute atomic E-state index is 13.1. The highest BCUT2D eigenvalue weighted by Crippen LogP contribution is 2.31. The van der Waals surface area contributed by atoms with Crippen LogP contribution in [-0.4, -0.2) is 78.8 Å². The van der Waals surface area contributed by atoms with Crippen LogP contribution in [0.1, 0.15) is 41.8 Å². The number of carbonyl (C=O) groups is 2. The van der Waals surface area contributed by atoms with Gasteiger partial charge in [0.2, 0.25) is 15.9 Å². The summed E-state index contributed by atoms with van der Waals surface area (Å²) < 4.78 is 37.7. The summed E-state index contributed by atoms with van der Waals surface area (Å²) in [7, 11) is -3.67. The monoisotopic (exact) mass is 478 g/mol. The minimum Gasteiger partial charge on any atom is -0.459 e. The van der Waals surface area contributed by atoms with Gasteiger partial charge in [-0.25, -0.2) is 8.42 Å². The van der Waals surface area contributed by atoms with Crippen LogP contribution in [0.4, 0.5) is 0 Å². The van der Waals surface area contributed by atoms with Crippen LogP contribution in [0.5, 0.6) is 0 Å². The number of sulfonamides is 1. The molecule has 2 fully saturated rings. The fourth-order valence-electron chi connectivity index (χ4n) is 4.76. The quantitative estimate of drug-likeness (QED) is 0.644. The molecule has 0 saturated carbocycles. The van der Waals surface area contributed by atoms with Crippen molar-refractivity contribution in [2.45, 2.75) is 38.5 Å². The number of hydrogen-bond donors (Lipinski definition) is 0. The molecule has 2 aliphatic rings. The Morgan fingerprint density at radius 3 is 2.24 bits per heavy atom. The first-order valence-corrected chi connectivity index (χ1v) is 12.7. The van der Waals surface area contributed by atoms with Crippen molar-refractivity contribution in [3.05, 3.63) is 35.6 Å². The maximum Gasteiger partial charge on any atom is 0.289 e. The first kappa shape index (κ1) is 23.5. The van der Waals surface area contributed by atoms with E-state index in [1.165, 1.54) is 10.6 Å². The van der Waals surface area contributed by atoms with Crippen molar-refractivity contribution in [2.24, 2.45) is 11.8 Å². The van der Waals surface area contributed by atoms with Crippen LogP contribution in [0.3, 0.4) is 0 Å². The second-order valence-corrected chi connectivity index (χ2v) is 10.7. The number of piperazine rings is 1. The molecule has 11 heteroatoms. The molecular formula is C22H30N4O6S. The Morgan fingerprint density at radius 2 is 1.70 bits per heavy atom. The number of aromatic nitrogens is 1. The van der Waals surface area contributed by atoms with Crippen LogP contribution in [-0.2, 0) is 14.8 Å². The lowest BCUT2D eigenvalue weighted by atomic mass is 9.85. The lowest BCUT2D eigenvalue weighted by Crippen LogP contribution is -2.52. The van der Waals surface area contributed by atoms with Gasteiger partial charge in [0.05, 0.1) is 6.26 Å². The van der Waals surface area contributed by atoms with Gasteiger partial charge in [0.25, 0.3) is 5.91 Å². The summed E-state index contributed by atoms with van der Waals surface area (Å²) in [4.78, 5) is 29.2. The summed E-state index contributed by atoms with van der Waals surface area (Å²) >= 11 is 0. The predicted molar refractivity (Wildman–Crippen MR) is 118 cm³/mol. The van der Waals surface area contributed by atoms with E-state index >= 15 is 0 Å². The Kier molecular flexibility index (Phi) is 6.62. The molecule has 2 aromatic rings. The van der Waals surface area contributed by atoms with Crippen LogP contribution >= 0.6 is 0 Å². The minimum atomic E-state index is -3.67. The average Bonchev–Trinajstić information content (AvgIpc) is 3.48. The molecule has 33 heavy (non-hydrogen) atoms. The molecule has 2 aliphatic heterocycles. The highest BCUT2D eigenvalue weighted by atomic mass is 32.2. The van der Waals surface area contributed by atoms with Crippen molar-refractivity contribution in [1.29, 1.82) is 0 Å². The van der Waals surface area contributed by atoms with Crippen molar-refractivity contribution in [2.75, 3.05) is 39.3 Å². The SMILES string of the molecule is Cc1noc(C)c1S(=O)(=O)N1CCC(C(C)C(=O)N2CCN(C(=O)c3ccco3)CC2)CC1. The molecule has 0 radical (unpaired) electrons. The van der Waals surface area contributed by atoms with Gasteiger partial charge >= 0.3 is 0 Å². The molecule has 0 N–H and O–H groups in total. The van der Waals surface area contributed by atoms with Crippen molar-refractivity contribution < 1.29 is 26.9 Å². The highest BCUT2D eigenvalue weighted by Gasteiger charge is 2.37. The first-order valence-electron chi connectivity index (χ1n) is 11.2. The number of aryl methyl sites for hydroxylation is 2. The van der Waals surface area contributed by atoms with E-state index in [4.69, 9.17) is 8.94 Å². The van der Waals surface area contributed by atoms with E-state index in [-0.39, 0.29) is 28.5 Å². The Labute approximate surface area is 193 Å². The number of piperidine rings is 1. The minimum absolute atomic E-state index is 0.0622. The third-order valence-electron chi connectivity index (χ3n) is 6.77. The maximum atomic E-state index is 13.1. The van der Waals surface area contributed by atoms with Gasteiger partial charge in [-0.1, -0.05) is 12.1 Å². The number of hydrogen-bond acceptors (Lipinski definition) is 7. The number of amides is 2. The van der Waals surface area contributed by atoms with E-state index in [2.05, 4.69) is 5.16 Å². The summed E-state index contributed by atoms with van der Waals surface area (Å²) in [5, 5.41) is 3.77. The molecule has 0 aromatic carbocycles. The second-order valence-electron chi connectivity index (χ2n) is 8.78. The molecule has 2 saturated heterocycles. The van der Waals surface area contributed by atoms with Crippen LogP contribution in [0.25, 0.3) is 0 Å².